The van der Waals surface area contributed by atoms with Crippen molar-refractivity contribution in [2.75, 3.05) is 0 Å². The molecule has 0 saturated heterocycles. The maximum atomic E-state index is 2.49. The largest absolute Gasteiger partial charge is 0.0625 e. The second kappa shape index (κ2) is 7.70. The van der Waals surface area contributed by atoms with E-state index in [1.54, 1.807) is 6.42 Å². The molecule has 3 atom stereocenters. The summed E-state index contributed by atoms with van der Waals surface area (Å²) in [5, 5.41) is 0. The molecule has 19 heavy (non-hydrogen) atoms. The van der Waals surface area contributed by atoms with Crippen molar-refractivity contribution < 1.29 is 0 Å². The Morgan fingerprint density at radius 3 is 1.63 bits per heavy atom. The van der Waals surface area contributed by atoms with Crippen LogP contribution in [0, 0.1) is 29.6 Å². The van der Waals surface area contributed by atoms with E-state index >= 15 is 0 Å². The van der Waals surface area contributed by atoms with E-state index in [1.807, 2.05) is 0 Å². The van der Waals surface area contributed by atoms with Crippen molar-refractivity contribution in [2.24, 2.45) is 29.6 Å². The maximum Gasteiger partial charge on any atom is -0.0386 e. The van der Waals surface area contributed by atoms with Gasteiger partial charge >= 0.3 is 0 Å². The van der Waals surface area contributed by atoms with Crippen LogP contribution in [-0.2, 0) is 0 Å². The van der Waals surface area contributed by atoms with E-state index in [4.69, 9.17) is 0 Å². The van der Waals surface area contributed by atoms with Gasteiger partial charge in [0.2, 0.25) is 0 Å². The minimum absolute atomic E-state index is 0.963. The molecule has 0 bridgehead atoms. The van der Waals surface area contributed by atoms with Gasteiger partial charge in [0.25, 0.3) is 0 Å². The van der Waals surface area contributed by atoms with Crippen LogP contribution < -0.4 is 0 Å². The van der Waals surface area contributed by atoms with Crippen LogP contribution in [0.4, 0.5) is 0 Å². The molecule has 0 nitrogen and oxygen atoms in total. The Balaban J connectivity index is 1.83. The minimum atomic E-state index is 0.963. The highest BCUT2D eigenvalue weighted by atomic mass is 14.3. The molecule has 0 aromatic heterocycles. The topological polar surface area (TPSA) is 0 Å². The molecule has 2 aliphatic carbocycles. The molecule has 3 unspecified atom stereocenters. The summed E-state index contributed by atoms with van der Waals surface area (Å²) < 4.78 is 0. The zero-order chi connectivity index (χ0) is 13.7. The average Bonchev–Trinajstić information content (AvgIpc) is 2.41. The van der Waals surface area contributed by atoms with E-state index in [0.29, 0.717) is 0 Å². The fraction of sp³-hybridized carbons (Fsp3) is 1.00. The van der Waals surface area contributed by atoms with Crippen LogP contribution in [0.2, 0.25) is 0 Å². The molecule has 0 amide bonds. The van der Waals surface area contributed by atoms with Gasteiger partial charge in [-0.2, -0.15) is 0 Å². The Hall–Kier alpha value is 0. The number of hydrogen-bond acceptors (Lipinski definition) is 0. The normalized spacial score (nSPS) is 42.8. The number of hydrogen-bond donors (Lipinski definition) is 0. The SMILES string of the molecule is CC1CCC(C2CCCCC(C)C(C)CCC2)CC1. The van der Waals surface area contributed by atoms with Crippen LogP contribution >= 0.6 is 0 Å². The van der Waals surface area contributed by atoms with Crippen molar-refractivity contribution in [3.8, 4) is 0 Å². The van der Waals surface area contributed by atoms with Gasteiger partial charge < -0.3 is 0 Å². The van der Waals surface area contributed by atoms with Crippen molar-refractivity contribution in [3.63, 3.8) is 0 Å². The van der Waals surface area contributed by atoms with E-state index in [2.05, 4.69) is 20.8 Å². The molecule has 0 heteroatoms. The van der Waals surface area contributed by atoms with Gasteiger partial charge in [0, 0.05) is 0 Å². The lowest BCUT2D eigenvalue weighted by molar-refractivity contribution is 0.177. The molecule has 0 N–H and O–H groups in total. The standard InChI is InChI=1S/C19H36/c1-15-11-13-19(14-12-15)18-9-5-4-7-16(2)17(3)8-6-10-18/h15-19H,4-14H2,1-3H3. The third-order valence-corrected chi connectivity index (χ3v) is 6.42. The molecule has 2 rings (SSSR count). The van der Waals surface area contributed by atoms with Gasteiger partial charge in [0.05, 0.1) is 0 Å². The lowest BCUT2D eigenvalue weighted by Gasteiger charge is -2.34. The predicted molar refractivity (Wildman–Crippen MR) is 85.3 cm³/mol. The monoisotopic (exact) mass is 264 g/mol. The minimum Gasteiger partial charge on any atom is -0.0625 e. The van der Waals surface area contributed by atoms with Crippen molar-refractivity contribution in [1.29, 1.82) is 0 Å². The Morgan fingerprint density at radius 2 is 0.947 bits per heavy atom. The van der Waals surface area contributed by atoms with Gasteiger partial charge in [-0.15, -0.1) is 0 Å². The molecule has 0 heterocycles. The fourth-order valence-electron chi connectivity index (χ4n) is 4.52. The van der Waals surface area contributed by atoms with Crippen molar-refractivity contribution in [3.05, 3.63) is 0 Å². The van der Waals surface area contributed by atoms with Gasteiger partial charge in [-0.05, 0) is 42.4 Å². The van der Waals surface area contributed by atoms with Crippen LogP contribution in [0.1, 0.15) is 91.4 Å². The van der Waals surface area contributed by atoms with Crippen molar-refractivity contribution >= 4 is 0 Å². The molecular formula is C19H36. The van der Waals surface area contributed by atoms with Gasteiger partial charge in [0.15, 0.2) is 0 Å². The Morgan fingerprint density at radius 1 is 0.474 bits per heavy atom. The highest BCUT2D eigenvalue weighted by Gasteiger charge is 2.26. The second-order valence-corrected chi connectivity index (χ2v) is 7.95. The highest BCUT2D eigenvalue weighted by Crippen LogP contribution is 2.39. The van der Waals surface area contributed by atoms with Gasteiger partial charge in [-0.1, -0.05) is 78.6 Å². The molecule has 112 valence electrons. The summed E-state index contributed by atoms with van der Waals surface area (Å²) in [6.45, 7) is 7.42. The Kier molecular flexibility index (Phi) is 6.23. The van der Waals surface area contributed by atoms with E-state index in [-0.39, 0.29) is 0 Å². The van der Waals surface area contributed by atoms with E-state index < -0.39 is 0 Å². The summed E-state index contributed by atoms with van der Waals surface area (Å²) in [4.78, 5) is 0. The van der Waals surface area contributed by atoms with E-state index in [0.717, 1.165) is 29.6 Å². The average molecular weight is 264 g/mol. The number of rotatable bonds is 1. The first-order chi connectivity index (χ1) is 9.16. The predicted octanol–water partition coefficient (Wildman–Crippen LogP) is 6.45. The molecule has 2 aliphatic rings. The van der Waals surface area contributed by atoms with Gasteiger partial charge in [0.1, 0.15) is 0 Å². The molecule has 2 fully saturated rings. The maximum absolute atomic E-state index is 2.49. The molecule has 0 aromatic rings. The summed E-state index contributed by atoms with van der Waals surface area (Å²) >= 11 is 0. The molecular weight excluding hydrogens is 228 g/mol. The lowest BCUT2D eigenvalue weighted by atomic mass is 9.72. The fourth-order valence-corrected chi connectivity index (χ4v) is 4.52. The molecule has 2 saturated carbocycles. The highest BCUT2D eigenvalue weighted by molar-refractivity contribution is 4.78. The third kappa shape index (κ3) is 4.80. The smallest absolute Gasteiger partial charge is 0.0386 e. The lowest BCUT2D eigenvalue weighted by Crippen LogP contribution is -2.22. The van der Waals surface area contributed by atoms with E-state index in [1.165, 1.54) is 64.2 Å². The van der Waals surface area contributed by atoms with Crippen LogP contribution in [-0.4, -0.2) is 0 Å². The summed E-state index contributed by atoms with van der Waals surface area (Å²) in [5.74, 6) is 5.10. The van der Waals surface area contributed by atoms with Crippen molar-refractivity contribution in [1.82, 2.24) is 0 Å². The van der Waals surface area contributed by atoms with Crippen molar-refractivity contribution in [2.45, 2.75) is 91.4 Å². The van der Waals surface area contributed by atoms with Crippen LogP contribution in [0.15, 0.2) is 0 Å². The molecule has 0 aromatic carbocycles. The third-order valence-electron chi connectivity index (χ3n) is 6.42. The Labute approximate surface area is 121 Å². The van der Waals surface area contributed by atoms with E-state index in [9.17, 15) is 0 Å². The summed E-state index contributed by atoms with van der Waals surface area (Å²) in [5.41, 5.74) is 0. The van der Waals surface area contributed by atoms with Crippen LogP contribution in [0.5, 0.6) is 0 Å². The zero-order valence-corrected chi connectivity index (χ0v) is 13.7. The van der Waals surface area contributed by atoms with Gasteiger partial charge in [-0.25, -0.2) is 0 Å². The second-order valence-electron chi connectivity index (χ2n) is 7.95. The first kappa shape index (κ1) is 15.4. The zero-order valence-electron chi connectivity index (χ0n) is 13.7. The molecule has 0 aliphatic heterocycles. The summed E-state index contributed by atoms with van der Waals surface area (Å²) in [6, 6.07) is 0. The first-order valence-corrected chi connectivity index (χ1v) is 9.16. The summed E-state index contributed by atoms with van der Waals surface area (Å²) in [7, 11) is 0. The van der Waals surface area contributed by atoms with Crippen LogP contribution in [0.25, 0.3) is 0 Å². The molecule has 0 spiro atoms. The first-order valence-electron chi connectivity index (χ1n) is 9.16. The van der Waals surface area contributed by atoms with Gasteiger partial charge in [-0.3, -0.25) is 0 Å². The van der Waals surface area contributed by atoms with Crippen LogP contribution in [0.3, 0.4) is 0 Å². The Bertz CT molecular complexity index is 236. The quantitative estimate of drug-likeness (QED) is 0.511. The summed E-state index contributed by atoms with van der Waals surface area (Å²) in [6.07, 6.45) is 16.6. The molecule has 0 radical (unpaired) electrons.